The van der Waals surface area contributed by atoms with Gasteiger partial charge in [0, 0.05) is 10.0 Å². The first kappa shape index (κ1) is 12.1. The molecule has 0 atom stereocenters. The number of halogens is 1. The van der Waals surface area contributed by atoms with Gasteiger partial charge in [-0.15, -0.1) is 0 Å². The van der Waals surface area contributed by atoms with Crippen LogP contribution in [0.25, 0.3) is 11.3 Å². The fraction of sp³-hybridized carbons (Fsp3) is 0.0909. The number of aromatic nitrogens is 1. The van der Waals surface area contributed by atoms with Gasteiger partial charge in [-0.25, -0.2) is 4.79 Å². The molecule has 0 bridgehead atoms. The molecular formula is C11H9BrN2O2S. The Morgan fingerprint density at radius 3 is 2.65 bits per heavy atom. The van der Waals surface area contributed by atoms with Crippen LogP contribution < -0.4 is 5.73 Å². The molecule has 2 aromatic rings. The van der Waals surface area contributed by atoms with Crippen LogP contribution in [0.2, 0.25) is 0 Å². The van der Waals surface area contributed by atoms with Crippen molar-refractivity contribution in [3.05, 3.63) is 33.6 Å². The second-order valence-corrected chi connectivity index (χ2v) is 4.96. The number of esters is 1. The fourth-order valence-corrected chi connectivity index (χ4v) is 2.36. The maximum Gasteiger partial charge on any atom is 0.351 e. The molecule has 0 amide bonds. The lowest BCUT2D eigenvalue weighted by atomic mass is 10.1. The zero-order valence-corrected chi connectivity index (χ0v) is 11.3. The highest BCUT2D eigenvalue weighted by Gasteiger charge is 2.18. The van der Waals surface area contributed by atoms with Crippen molar-refractivity contribution in [1.82, 2.24) is 4.37 Å². The molecule has 0 fully saturated rings. The molecule has 0 saturated carbocycles. The quantitative estimate of drug-likeness (QED) is 0.866. The van der Waals surface area contributed by atoms with Crippen LogP contribution in [0.5, 0.6) is 0 Å². The molecule has 0 aliphatic carbocycles. The topological polar surface area (TPSA) is 65.2 Å². The van der Waals surface area contributed by atoms with Crippen molar-refractivity contribution < 1.29 is 9.53 Å². The Labute approximate surface area is 111 Å². The molecule has 2 N–H and O–H groups in total. The number of ether oxygens (including phenoxy) is 1. The lowest BCUT2D eigenvalue weighted by molar-refractivity contribution is 0.0607. The van der Waals surface area contributed by atoms with Crippen molar-refractivity contribution in [2.24, 2.45) is 0 Å². The minimum atomic E-state index is -0.455. The molecule has 4 nitrogen and oxygen atoms in total. The average Bonchev–Trinajstić information content (AvgIpc) is 2.71. The van der Waals surface area contributed by atoms with Crippen LogP contribution in [0.4, 0.5) is 5.69 Å². The summed E-state index contributed by atoms with van der Waals surface area (Å²) in [6.45, 7) is 0. The average molecular weight is 313 g/mol. The van der Waals surface area contributed by atoms with E-state index >= 15 is 0 Å². The molecule has 0 unspecified atom stereocenters. The van der Waals surface area contributed by atoms with E-state index in [1.165, 1.54) is 7.11 Å². The molecule has 0 aliphatic heterocycles. The van der Waals surface area contributed by atoms with Crippen LogP contribution in [0, 0.1) is 0 Å². The van der Waals surface area contributed by atoms with Crippen LogP contribution in [-0.4, -0.2) is 17.5 Å². The highest BCUT2D eigenvalue weighted by molar-refractivity contribution is 9.10. The Morgan fingerprint density at radius 1 is 1.41 bits per heavy atom. The first-order valence-corrected chi connectivity index (χ1v) is 6.29. The summed E-state index contributed by atoms with van der Waals surface area (Å²) in [6, 6.07) is 7.56. The summed E-state index contributed by atoms with van der Waals surface area (Å²) in [5.41, 5.74) is 7.74. The van der Waals surface area contributed by atoms with Crippen LogP contribution >= 0.6 is 27.5 Å². The van der Waals surface area contributed by atoms with Gasteiger partial charge in [0.25, 0.3) is 0 Å². The number of methoxy groups -OCH3 is 1. The standard InChI is InChI=1S/C11H9BrN2O2S/c1-16-11(15)10-8(13)9(14-17-10)6-2-4-7(12)5-3-6/h2-5H,13H2,1H3. The Morgan fingerprint density at radius 2 is 2.06 bits per heavy atom. The van der Waals surface area contributed by atoms with Crippen molar-refractivity contribution in [3.8, 4) is 11.3 Å². The third-order valence-corrected chi connectivity index (χ3v) is 3.59. The molecule has 1 aromatic carbocycles. The van der Waals surface area contributed by atoms with Gasteiger partial charge in [-0.1, -0.05) is 28.1 Å². The number of nitrogens with two attached hydrogens (primary N) is 1. The van der Waals surface area contributed by atoms with Crippen molar-refractivity contribution in [3.63, 3.8) is 0 Å². The molecule has 0 aliphatic rings. The van der Waals surface area contributed by atoms with E-state index in [0.29, 0.717) is 16.3 Å². The molecule has 0 spiro atoms. The third-order valence-electron chi connectivity index (χ3n) is 2.22. The van der Waals surface area contributed by atoms with E-state index in [0.717, 1.165) is 21.6 Å². The number of carbonyl (C=O) groups excluding carboxylic acids is 1. The highest BCUT2D eigenvalue weighted by atomic mass is 79.9. The second kappa shape index (κ2) is 4.85. The highest BCUT2D eigenvalue weighted by Crippen LogP contribution is 2.31. The number of hydrogen-bond donors (Lipinski definition) is 1. The number of nitrogens with zero attached hydrogens (tertiary/aromatic N) is 1. The van der Waals surface area contributed by atoms with Crippen molar-refractivity contribution in [2.75, 3.05) is 12.8 Å². The van der Waals surface area contributed by atoms with E-state index in [1.807, 2.05) is 24.3 Å². The molecule has 0 radical (unpaired) electrons. The zero-order chi connectivity index (χ0) is 12.4. The third kappa shape index (κ3) is 2.32. The molecule has 88 valence electrons. The number of carbonyl (C=O) groups is 1. The Balaban J connectivity index is 2.44. The zero-order valence-electron chi connectivity index (χ0n) is 8.94. The minimum Gasteiger partial charge on any atom is -0.465 e. The summed E-state index contributed by atoms with van der Waals surface area (Å²) < 4.78 is 9.79. The van der Waals surface area contributed by atoms with Crippen molar-refractivity contribution >= 4 is 39.1 Å². The Kier molecular flexibility index (Phi) is 3.44. The molecule has 6 heteroatoms. The molecule has 17 heavy (non-hydrogen) atoms. The second-order valence-electron chi connectivity index (χ2n) is 3.27. The Hall–Kier alpha value is -1.40. The van der Waals surface area contributed by atoms with Crippen LogP contribution in [0.15, 0.2) is 28.7 Å². The summed E-state index contributed by atoms with van der Waals surface area (Å²) in [5, 5.41) is 0. The van der Waals surface area contributed by atoms with Gasteiger partial charge < -0.3 is 10.5 Å². The molecular weight excluding hydrogens is 304 g/mol. The van der Waals surface area contributed by atoms with Gasteiger partial charge in [0.15, 0.2) is 4.88 Å². The first-order chi connectivity index (χ1) is 8.13. The van der Waals surface area contributed by atoms with Gasteiger partial charge in [-0.3, -0.25) is 0 Å². The maximum atomic E-state index is 11.4. The lowest BCUT2D eigenvalue weighted by Crippen LogP contribution is -2.02. The Bertz CT molecular complexity index is 551. The maximum absolute atomic E-state index is 11.4. The van der Waals surface area contributed by atoms with E-state index in [1.54, 1.807) is 0 Å². The minimum absolute atomic E-state index is 0.338. The number of benzene rings is 1. The SMILES string of the molecule is COC(=O)c1snc(-c2ccc(Br)cc2)c1N. The van der Waals surface area contributed by atoms with Gasteiger partial charge in [-0.2, -0.15) is 4.37 Å². The summed E-state index contributed by atoms with van der Waals surface area (Å²) in [6.07, 6.45) is 0. The van der Waals surface area contributed by atoms with Crippen LogP contribution in [0.3, 0.4) is 0 Å². The van der Waals surface area contributed by atoms with Crippen LogP contribution in [0.1, 0.15) is 9.67 Å². The van der Waals surface area contributed by atoms with Crippen LogP contribution in [-0.2, 0) is 4.74 Å². The van der Waals surface area contributed by atoms with Crippen molar-refractivity contribution in [2.45, 2.75) is 0 Å². The van der Waals surface area contributed by atoms with E-state index in [2.05, 4.69) is 25.0 Å². The van der Waals surface area contributed by atoms with E-state index < -0.39 is 5.97 Å². The number of anilines is 1. The van der Waals surface area contributed by atoms with E-state index in [4.69, 9.17) is 5.73 Å². The molecule has 1 heterocycles. The summed E-state index contributed by atoms with van der Waals surface area (Å²) in [4.78, 5) is 11.7. The van der Waals surface area contributed by atoms with E-state index in [9.17, 15) is 4.79 Å². The predicted molar refractivity (Wildman–Crippen MR) is 71.0 cm³/mol. The van der Waals surface area contributed by atoms with Gasteiger partial charge in [-0.05, 0) is 23.7 Å². The normalized spacial score (nSPS) is 10.2. The first-order valence-electron chi connectivity index (χ1n) is 4.73. The van der Waals surface area contributed by atoms with Gasteiger partial charge in [0.05, 0.1) is 12.8 Å². The summed E-state index contributed by atoms with van der Waals surface area (Å²) >= 11 is 4.40. The molecule has 1 aromatic heterocycles. The smallest absolute Gasteiger partial charge is 0.351 e. The van der Waals surface area contributed by atoms with Gasteiger partial charge in [0.1, 0.15) is 5.69 Å². The lowest BCUT2D eigenvalue weighted by Gasteiger charge is -2.00. The molecule has 2 rings (SSSR count). The number of rotatable bonds is 2. The number of hydrogen-bond acceptors (Lipinski definition) is 5. The van der Waals surface area contributed by atoms with E-state index in [-0.39, 0.29) is 0 Å². The fourth-order valence-electron chi connectivity index (χ4n) is 1.35. The largest absolute Gasteiger partial charge is 0.465 e. The van der Waals surface area contributed by atoms with Gasteiger partial charge >= 0.3 is 5.97 Å². The molecule has 0 saturated heterocycles. The summed E-state index contributed by atoms with van der Waals surface area (Å²) in [5.74, 6) is -0.455. The predicted octanol–water partition coefficient (Wildman–Crippen LogP) is 2.94. The van der Waals surface area contributed by atoms with Gasteiger partial charge in [0.2, 0.25) is 0 Å². The monoisotopic (exact) mass is 312 g/mol. The summed E-state index contributed by atoms with van der Waals surface area (Å²) in [7, 11) is 1.32. The number of nitrogen functional groups attached to an aromatic ring is 1. The van der Waals surface area contributed by atoms with Crippen molar-refractivity contribution in [1.29, 1.82) is 0 Å².